The topological polar surface area (TPSA) is 35.0 Å². The largest absolute Gasteiger partial charge is 0.473 e. The van der Waals surface area contributed by atoms with Gasteiger partial charge in [-0.15, -0.1) is 0 Å². The van der Waals surface area contributed by atoms with Crippen LogP contribution in [0, 0.1) is 6.92 Å². The minimum Gasteiger partial charge on any atom is -0.473 e. The molecule has 1 aromatic heterocycles. The molecule has 0 aliphatic carbocycles. The number of benzene rings is 1. The molecule has 0 aliphatic rings. The van der Waals surface area contributed by atoms with Crippen LogP contribution < -0.4 is 4.74 Å². The molecule has 0 N–H and O–H groups in total. The van der Waals surface area contributed by atoms with Crippen LogP contribution in [0.5, 0.6) is 5.88 Å². The van der Waals surface area contributed by atoms with Gasteiger partial charge in [0.1, 0.15) is 12.9 Å². The maximum absolute atomic E-state index is 6.01. The smallest absolute Gasteiger partial charge is 0.216 e. The van der Waals surface area contributed by atoms with Gasteiger partial charge in [0.05, 0.1) is 0 Å². The molecular formula is C12H11ClN2O. The predicted molar refractivity (Wildman–Crippen MR) is 62.6 cm³/mol. The van der Waals surface area contributed by atoms with Crippen molar-refractivity contribution in [2.24, 2.45) is 0 Å². The zero-order chi connectivity index (χ0) is 11.4. The zero-order valence-corrected chi connectivity index (χ0v) is 9.61. The second-order valence-corrected chi connectivity index (χ2v) is 3.78. The molecule has 0 saturated heterocycles. The van der Waals surface area contributed by atoms with Gasteiger partial charge in [-0.3, -0.25) is 0 Å². The molecule has 3 nitrogen and oxygen atoms in total. The Morgan fingerprint density at radius 3 is 2.81 bits per heavy atom. The Labute approximate surface area is 99.1 Å². The molecule has 16 heavy (non-hydrogen) atoms. The van der Waals surface area contributed by atoms with Gasteiger partial charge in [0.15, 0.2) is 0 Å². The molecule has 0 unspecified atom stereocenters. The first kappa shape index (κ1) is 10.9. The fourth-order valence-electron chi connectivity index (χ4n) is 1.28. The van der Waals surface area contributed by atoms with E-state index in [1.54, 1.807) is 6.07 Å². The van der Waals surface area contributed by atoms with Crippen molar-refractivity contribution in [2.75, 3.05) is 0 Å². The summed E-state index contributed by atoms with van der Waals surface area (Å²) in [4.78, 5) is 8.00. The van der Waals surface area contributed by atoms with E-state index in [-0.39, 0.29) is 0 Å². The Balaban J connectivity index is 2.05. The van der Waals surface area contributed by atoms with Gasteiger partial charge in [0.25, 0.3) is 0 Å². The van der Waals surface area contributed by atoms with Gasteiger partial charge in [-0.05, 0) is 13.0 Å². The second-order valence-electron chi connectivity index (χ2n) is 3.38. The Morgan fingerprint density at radius 1 is 1.25 bits per heavy atom. The summed E-state index contributed by atoms with van der Waals surface area (Å²) in [6.07, 6.45) is 1.48. The number of hydrogen-bond acceptors (Lipinski definition) is 3. The van der Waals surface area contributed by atoms with Crippen molar-refractivity contribution in [1.29, 1.82) is 0 Å². The molecule has 4 heteroatoms. The SMILES string of the molecule is Cc1cc(OCc2ccccc2Cl)ncn1. The van der Waals surface area contributed by atoms with E-state index in [4.69, 9.17) is 16.3 Å². The highest BCUT2D eigenvalue weighted by Crippen LogP contribution is 2.17. The Hall–Kier alpha value is -1.61. The van der Waals surface area contributed by atoms with Crippen LogP contribution in [-0.2, 0) is 6.61 Å². The van der Waals surface area contributed by atoms with E-state index in [9.17, 15) is 0 Å². The maximum atomic E-state index is 6.01. The van der Waals surface area contributed by atoms with Gasteiger partial charge in [-0.25, -0.2) is 9.97 Å². The third-order valence-corrected chi connectivity index (χ3v) is 2.48. The number of hydrogen-bond donors (Lipinski definition) is 0. The van der Waals surface area contributed by atoms with Crippen molar-refractivity contribution < 1.29 is 4.74 Å². The molecule has 1 aromatic carbocycles. The maximum Gasteiger partial charge on any atom is 0.216 e. The minimum atomic E-state index is 0.413. The molecule has 0 aliphatic heterocycles. The van der Waals surface area contributed by atoms with Crippen LogP contribution >= 0.6 is 11.6 Å². The Kier molecular flexibility index (Phi) is 3.37. The molecule has 2 rings (SSSR count). The standard InChI is InChI=1S/C12H11ClN2O/c1-9-6-12(15-8-14-9)16-7-10-4-2-3-5-11(10)13/h2-6,8H,7H2,1H3. The molecule has 1 heterocycles. The third kappa shape index (κ3) is 2.70. The van der Waals surface area contributed by atoms with E-state index < -0.39 is 0 Å². The zero-order valence-electron chi connectivity index (χ0n) is 8.85. The van der Waals surface area contributed by atoms with Crippen molar-refractivity contribution in [3.8, 4) is 5.88 Å². The summed E-state index contributed by atoms with van der Waals surface area (Å²) >= 11 is 6.01. The van der Waals surface area contributed by atoms with Crippen molar-refractivity contribution in [3.63, 3.8) is 0 Å². The van der Waals surface area contributed by atoms with E-state index in [0.717, 1.165) is 11.3 Å². The fourth-order valence-corrected chi connectivity index (χ4v) is 1.47. The molecule has 0 spiro atoms. The normalized spacial score (nSPS) is 10.1. The molecule has 0 bridgehead atoms. The highest BCUT2D eigenvalue weighted by Gasteiger charge is 2.01. The van der Waals surface area contributed by atoms with Gasteiger partial charge in [-0.1, -0.05) is 29.8 Å². The summed E-state index contributed by atoms with van der Waals surface area (Å²) in [5.41, 5.74) is 1.82. The number of aryl methyl sites for hydroxylation is 1. The van der Waals surface area contributed by atoms with Crippen LogP contribution in [0.4, 0.5) is 0 Å². The van der Waals surface area contributed by atoms with Gasteiger partial charge >= 0.3 is 0 Å². The average molecular weight is 235 g/mol. The molecule has 0 radical (unpaired) electrons. The first-order valence-electron chi connectivity index (χ1n) is 4.90. The van der Waals surface area contributed by atoms with Gasteiger partial charge < -0.3 is 4.74 Å². The second kappa shape index (κ2) is 4.94. The van der Waals surface area contributed by atoms with Crippen molar-refractivity contribution >= 4 is 11.6 Å². The first-order valence-corrected chi connectivity index (χ1v) is 5.28. The Morgan fingerprint density at radius 2 is 2.06 bits per heavy atom. The Bertz CT molecular complexity index is 488. The highest BCUT2D eigenvalue weighted by atomic mass is 35.5. The van der Waals surface area contributed by atoms with Crippen LogP contribution in [0.3, 0.4) is 0 Å². The monoisotopic (exact) mass is 234 g/mol. The summed E-state index contributed by atoms with van der Waals surface area (Å²) in [5, 5.41) is 0.702. The lowest BCUT2D eigenvalue weighted by molar-refractivity contribution is 0.293. The van der Waals surface area contributed by atoms with E-state index >= 15 is 0 Å². The molecule has 82 valence electrons. The highest BCUT2D eigenvalue weighted by molar-refractivity contribution is 6.31. The van der Waals surface area contributed by atoms with Gasteiger partial charge in [0.2, 0.25) is 5.88 Å². The van der Waals surface area contributed by atoms with Gasteiger partial charge in [0, 0.05) is 22.3 Å². The predicted octanol–water partition coefficient (Wildman–Crippen LogP) is 3.02. The molecule has 0 saturated carbocycles. The molecule has 0 atom stereocenters. The van der Waals surface area contributed by atoms with E-state index in [1.165, 1.54) is 6.33 Å². The lowest BCUT2D eigenvalue weighted by Crippen LogP contribution is -1.98. The number of halogens is 1. The number of rotatable bonds is 3. The minimum absolute atomic E-state index is 0.413. The van der Waals surface area contributed by atoms with Gasteiger partial charge in [-0.2, -0.15) is 0 Å². The van der Waals surface area contributed by atoms with Crippen LogP contribution in [0.15, 0.2) is 36.7 Å². The number of nitrogens with zero attached hydrogens (tertiary/aromatic N) is 2. The quantitative estimate of drug-likeness (QED) is 0.819. The summed E-state index contributed by atoms with van der Waals surface area (Å²) < 4.78 is 5.52. The van der Waals surface area contributed by atoms with Crippen LogP contribution in [0.2, 0.25) is 5.02 Å². The molecule has 0 fully saturated rings. The third-order valence-electron chi connectivity index (χ3n) is 2.11. The van der Waals surface area contributed by atoms with E-state index in [1.807, 2.05) is 31.2 Å². The molecular weight excluding hydrogens is 224 g/mol. The lowest BCUT2D eigenvalue weighted by Gasteiger charge is -2.06. The van der Waals surface area contributed by atoms with Crippen molar-refractivity contribution in [2.45, 2.75) is 13.5 Å². The summed E-state index contributed by atoms with van der Waals surface area (Å²) in [6, 6.07) is 9.37. The number of ether oxygens (including phenoxy) is 1. The van der Waals surface area contributed by atoms with E-state index in [2.05, 4.69) is 9.97 Å². The summed E-state index contributed by atoms with van der Waals surface area (Å²) in [6.45, 7) is 2.31. The van der Waals surface area contributed by atoms with Crippen LogP contribution in [0.1, 0.15) is 11.3 Å². The fraction of sp³-hybridized carbons (Fsp3) is 0.167. The summed E-state index contributed by atoms with van der Waals surface area (Å²) in [5.74, 6) is 0.562. The van der Waals surface area contributed by atoms with Crippen molar-refractivity contribution in [3.05, 3.63) is 52.9 Å². The lowest BCUT2D eigenvalue weighted by atomic mass is 10.2. The molecule has 2 aromatic rings. The average Bonchev–Trinajstić information content (AvgIpc) is 2.28. The number of aromatic nitrogens is 2. The summed E-state index contributed by atoms with van der Waals surface area (Å²) in [7, 11) is 0. The first-order chi connectivity index (χ1) is 7.75. The van der Waals surface area contributed by atoms with Crippen LogP contribution in [0.25, 0.3) is 0 Å². The van der Waals surface area contributed by atoms with E-state index in [0.29, 0.717) is 17.5 Å². The molecule has 0 amide bonds. The van der Waals surface area contributed by atoms with Crippen LogP contribution in [-0.4, -0.2) is 9.97 Å². The van der Waals surface area contributed by atoms with Crippen molar-refractivity contribution in [1.82, 2.24) is 9.97 Å².